The van der Waals surface area contributed by atoms with Crippen LogP contribution in [0.4, 0.5) is 0 Å². The maximum absolute atomic E-state index is 12.2. The van der Waals surface area contributed by atoms with E-state index in [-0.39, 0.29) is 19.3 Å². The summed E-state index contributed by atoms with van der Waals surface area (Å²) in [5, 5.41) is 30.8. The monoisotopic (exact) mass is 362 g/mol. The van der Waals surface area contributed by atoms with Crippen LogP contribution < -0.4 is 22.1 Å². The van der Waals surface area contributed by atoms with E-state index in [0.717, 1.165) is 0 Å². The van der Waals surface area contributed by atoms with Crippen LogP contribution in [0.3, 0.4) is 0 Å². The normalized spacial score (nSPS) is 14.0. The second kappa shape index (κ2) is 10.9. The lowest BCUT2D eigenvalue weighted by Gasteiger charge is -2.22. The molecule has 0 radical (unpaired) electrons. The Balaban J connectivity index is 5.02. The van der Waals surface area contributed by atoms with Crippen LogP contribution >= 0.6 is 0 Å². The number of aliphatic hydroxyl groups excluding tert-OH is 1. The number of carboxylic acids is 2. The zero-order valence-corrected chi connectivity index (χ0v) is 13.3. The Morgan fingerprint density at radius 3 is 1.84 bits per heavy atom. The van der Waals surface area contributed by atoms with Gasteiger partial charge < -0.3 is 37.4 Å². The van der Waals surface area contributed by atoms with Gasteiger partial charge in [0.2, 0.25) is 17.7 Å². The SMILES string of the molecule is NC(=O)CCC(NC(=O)C(CCC(=O)O)NC(=O)C(N)CO)C(=O)O. The minimum atomic E-state index is -1.45. The average molecular weight is 362 g/mol. The molecule has 0 aromatic heterocycles. The molecule has 0 aromatic rings. The van der Waals surface area contributed by atoms with E-state index in [9.17, 15) is 24.0 Å². The fraction of sp³-hybridized carbons (Fsp3) is 0.615. The summed E-state index contributed by atoms with van der Waals surface area (Å²) in [6.45, 7) is -0.699. The van der Waals surface area contributed by atoms with E-state index in [4.69, 9.17) is 26.8 Å². The lowest BCUT2D eigenvalue weighted by molar-refractivity contribution is -0.143. The molecule has 0 saturated heterocycles. The molecule has 3 atom stereocenters. The number of nitrogens with one attached hydrogen (secondary N) is 2. The van der Waals surface area contributed by atoms with Gasteiger partial charge in [0.05, 0.1) is 6.61 Å². The van der Waals surface area contributed by atoms with E-state index >= 15 is 0 Å². The largest absolute Gasteiger partial charge is 0.481 e. The van der Waals surface area contributed by atoms with Crippen LogP contribution in [0.15, 0.2) is 0 Å². The van der Waals surface area contributed by atoms with Gasteiger partial charge in [0.1, 0.15) is 18.1 Å². The van der Waals surface area contributed by atoms with Crippen molar-refractivity contribution in [3.8, 4) is 0 Å². The van der Waals surface area contributed by atoms with E-state index in [1.807, 2.05) is 0 Å². The molecular formula is C13H22N4O8. The highest BCUT2D eigenvalue weighted by Gasteiger charge is 2.28. The summed E-state index contributed by atoms with van der Waals surface area (Å²) in [5.41, 5.74) is 10.2. The van der Waals surface area contributed by atoms with Crippen LogP contribution in [0, 0.1) is 0 Å². The number of nitrogens with two attached hydrogens (primary N) is 2. The van der Waals surface area contributed by atoms with Gasteiger partial charge in [-0.3, -0.25) is 19.2 Å². The van der Waals surface area contributed by atoms with Crippen LogP contribution in [0.1, 0.15) is 25.7 Å². The smallest absolute Gasteiger partial charge is 0.326 e. The average Bonchev–Trinajstić information content (AvgIpc) is 2.53. The van der Waals surface area contributed by atoms with Crippen molar-refractivity contribution in [1.29, 1.82) is 0 Å². The lowest BCUT2D eigenvalue weighted by atomic mass is 10.1. The summed E-state index contributed by atoms with van der Waals surface area (Å²) in [6, 6.07) is -4.15. The molecule has 0 fully saturated rings. The van der Waals surface area contributed by atoms with Gasteiger partial charge in [-0.1, -0.05) is 0 Å². The van der Waals surface area contributed by atoms with Crippen molar-refractivity contribution < 1.29 is 39.3 Å². The van der Waals surface area contributed by atoms with E-state index < -0.39 is 60.8 Å². The summed E-state index contributed by atoms with van der Waals surface area (Å²) < 4.78 is 0. The Kier molecular flexibility index (Phi) is 9.74. The Morgan fingerprint density at radius 2 is 1.40 bits per heavy atom. The highest BCUT2D eigenvalue weighted by Crippen LogP contribution is 2.03. The summed E-state index contributed by atoms with van der Waals surface area (Å²) in [5.74, 6) is -5.29. The minimum absolute atomic E-state index is 0.272. The number of aliphatic carboxylic acids is 2. The fourth-order valence-corrected chi connectivity index (χ4v) is 1.71. The molecule has 0 aliphatic carbocycles. The Labute approximate surface area is 142 Å². The first-order valence-electron chi connectivity index (χ1n) is 7.28. The van der Waals surface area contributed by atoms with Gasteiger partial charge in [0, 0.05) is 12.8 Å². The number of carbonyl (C=O) groups is 5. The number of aliphatic hydroxyl groups is 1. The van der Waals surface area contributed by atoms with Gasteiger partial charge in [0.25, 0.3) is 0 Å². The molecule has 12 nitrogen and oxygen atoms in total. The number of amides is 3. The molecular weight excluding hydrogens is 340 g/mol. The first-order chi connectivity index (χ1) is 11.6. The van der Waals surface area contributed by atoms with E-state index in [1.54, 1.807) is 0 Å². The van der Waals surface area contributed by atoms with Crippen LogP contribution in [-0.4, -0.2) is 69.7 Å². The van der Waals surface area contributed by atoms with Crippen LogP contribution in [0.2, 0.25) is 0 Å². The number of carbonyl (C=O) groups excluding carboxylic acids is 3. The molecule has 3 unspecified atom stereocenters. The van der Waals surface area contributed by atoms with Crippen molar-refractivity contribution in [2.75, 3.05) is 6.61 Å². The molecule has 0 spiro atoms. The molecule has 0 saturated carbocycles. The fourth-order valence-electron chi connectivity index (χ4n) is 1.71. The predicted molar refractivity (Wildman–Crippen MR) is 81.9 cm³/mol. The van der Waals surface area contributed by atoms with E-state index in [2.05, 4.69) is 10.6 Å². The Morgan fingerprint density at radius 1 is 0.880 bits per heavy atom. The maximum atomic E-state index is 12.2. The quantitative estimate of drug-likeness (QED) is 0.182. The number of carboxylic acid groups (broad SMARTS) is 2. The van der Waals surface area contributed by atoms with Gasteiger partial charge in [-0.15, -0.1) is 0 Å². The lowest BCUT2D eigenvalue weighted by Crippen LogP contribution is -2.55. The molecule has 0 bridgehead atoms. The van der Waals surface area contributed by atoms with Gasteiger partial charge in [-0.25, -0.2) is 4.79 Å². The standard InChI is InChI=1S/C13H22N4O8/c14-6(5-18)11(22)16-7(2-4-10(20)21)12(23)17-8(13(24)25)1-3-9(15)19/h6-8,18H,1-5,14H2,(H2,15,19)(H,16,22)(H,17,23)(H,20,21)(H,24,25). The highest BCUT2D eigenvalue weighted by molar-refractivity contribution is 5.92. The van der Waals surface area contributed by atoms with Crippen molar-refractivity contribution in [2.45, 2.75) is 43.8 Å². The zero-order chi connectivity index (χ0) is 19.6. The molecule has 12 heteroatoms. The Bertz CT molecular complexity index is 524. The predicted octanol–water partition coefficient (Wildman–Crippen LogP) is -3.51. The molecule has 0 aromatic carbocycles. The minimum Gasteiger partial charge on any atom is -0.481 e. The van der Waals surface area contributed by atoms with Crippen molar-refractivity contribution in [3.63, 3.8) is 0 Å². The second-order valence-corrected chi connectivity index (χ2v) is 5.19. The van der Waals surface area contributed by atoms with Gasteiger partial charge >= 0.3 is 11.9 Å². The number of hydrogen-bond acceptors (Lipinski definition) is 7. The van der Waals surface area contributed by atoms with E-state index in [0.29, 0.717) is 0 Å². The number of rotatable bonds is 12. The van der Waals surface area contributed by atoms with Crippen molar-refractivity contribution in [2.24, 2.45) is 11.5 Å². The van der Waals surface area contributed by atoms with Crippen LogP contribution in [0.25, 0.3) is 0 Å². The third kappa shape index (κ3) is 9.22. The van der Waals surface area contributed by atoms with Crippen LogP contribution in [0.5, 0.6) is 0 Å². The Hall–Kier alpha value is -2.73. The third-order valence-corrected chi connectivity index (χ3v) is 3.11. The number of hydrogen-bond donors (Lipinski definition) is 7. The summed E-state index contributed by atoms with van der Waals surface area (Å²) in [7, 11) is 0. The van der Waals surface area contributed by atoms with Gasteiger partial charge in [-0.05, 0) is 12.8 Å². The highest BCUT2D eigenvalue weighted by atomic mass is 16.4. The molecule has 25 heavy (non-hydrogen) atoms. The van der Waals surface area contributed by atoms with Crippen molar-refractivity contribution in [3.05, 3.63) is 0 Å². The van der Waals surface area contributed by atoms with Gasteiger partial charge in [-0.2, -0.15) is 0 Å². The van der Waals surface area contributed by atoms with Crippen molar-refractivity contribution in [1.82, 2.24) is 10.6 Å². The molecule has 0 aliphatic heterocycles. The van der Waals surface area contributed by atoms with Gasteiger partial charge in [0.15, 0.2) is 0 Å². The molecule has 142 valence electrons. The number of primary amides is 1. The van der Waals surface area contributed by atoms with Crippen LogP contribution in [-0.2, 0) is 24.0 Å². The summed E-state index contributed by atoms with van der Waals surface area (Å²) in [4.78, 5) is 56.3. The summed E-state index contributed by atoms with van der Waals surface area (Å²) >= 11 is 0. The molecule has 3 amide bonds. The summed E-state index contributed by atoms with van der Waals surface area (Å²) in [6.07, 6.45) is -1.37. The first kappa shape index (κ1) is 22.3. The topological polar surface area (TPSA) is 222 Å². The second-order valence-electron chi connectivity index (χ2n) is 5.19. The molecule has 0 heterocycles. The van der Waals surface area contributed by atoms with Crippen molar-refractivity contribution >= 4 is 29.7 Å². The third-order valence-electron chi connectivity index (χ3n) is 3.11. The molecule has 0 aliphatic rings. The molecule has 9 N–H and O–H groups in total. The maximum Gasteiger partial charge on any atom is 0.326 e. The zero-order valence-electron chi connectivity index (χ0n) is 13.3. The first-order valence-corrected chi connectivity index (χ1v) is 7.28. The van der Waals surface area contributed by atoms with E-state index in [1.165, 1.54) is 0 Å². The molecule has 0 rings (SSSR count).